The third-order valence-electron chi connectivity index (χ3n) is 4.41. The number of imidazole rings is 1. The van der Waals surface area contributed by atoms with E-state index in [-0.39, 0.29) is 11.8 Å². The number of pyridine rings is 1. The predicted octanol–water partition coefficient (Wildman–Crippen LogP) is 3.22. The van der Waals surface area contributed by atoms with Crippen molar-refractivity contribution in [3.05, 3.63) is 69.7 Å². The number of ketones is 1. The molecule has 0 spiro atoms. The second-order valence-electron chi connectivity index (χ2n) is 6.05. The number of rotatable bonds is 4. The van der Waals surface area contributed by atoms with Crippen LogP contribution in [0.5, 0.6) is 0 Å². The Labute approximate surface area is 144 Å². The van der Waals surface area contributed by atoms with Gasteiger partial charge in [-0.05, 0) is 35.6 Å². The van der Waals surface area contributed by atoms with Crippen molar-refractivity contribution in [1.29, 1.82) is 0 Å². The van der Waals surface area contributed by atoms with Crippen molar-refractivity contribution in [2.45, 2.75) is 25.9 Å². The van der Waals surface area contributed by atoms with E-state index in [1.165, 1.54) is 22.6 Å². The van der Waals surface area contributed by atoms with E-state index in [2.05, 4.69) is 31.3 Å². The number of hydrogen-bond donors (Lipinski definition) is 1. The number of aromatic amines is 1. The lowest BCUT2D eigenvalue weighted by Gasteiger charge is -2.34. The summed E-state index contributed by atoms with van der Waals surface area (Å²) in [5, 5.41) is 2.08. The zero-order chi connectivity index (χ0) is 16.5. The average molecular weight is 338 g/mol. The Bertz CT molecular complexity index is 855. The predicted molar refractivity (Wildman–Crippen MR) is 93.1 cm³/mol. The Morgan fingerprint density at radius 2 is 2.42 bits per heavy atom. The normalized spacial score (nSPS) is 17.6. The zero-order valence-corrected chi connectivity index (χ0v) is 14.2. The molecular weight excluding hydrogens is 320 g/mol. The Balaban J connectivity index is 1.67. The summed E-state index contributed by atoms with van der Waals surface area (Å²) in [6, 6.07) is 6.16. The number of nitrogens with zero attached hydrogens (tertiary/aromatic N) is 3. The first-order chi connectivity index (χ1) is 11.7. The molecule has 3 aromatic rings. The van der Waals surface area contributed by atoms with Crippen LogP contribution in [0.25, 0.3) is 0 Å². The lowest BCUT2D eigenvalue weighted by molar-refractivity contribution is 0.102. The van der Waals surface area contributed by atoms with E-state index in [9.17, 15) is 4.79 Å². The highest BCUT2D eigenvalue weighted by atomic mass is 32.1. The highest BCUT2D eigenvalue weighted by molar-refractivity contribution is 7.12. The minimum Gasteiger partial charge on any atom is -0.348 e. The molecule has 1 atom stereocenters. The number of H-pyrrole nitrogens is 1. The molecule has 0 fully saturated rings. The van der Waals surface area contributed by atoms with Crippen molar-refractivity contribution in [3.8, 4) is 0 Å². The van der Waals surface area contributed by atoms with Crippen molar-refractivity contribution < 1.29 is 4.79 Å². The van der Waals surface area contributed by atoms with Gasteiger partial charge in [0.25, 0.3) is 0 Å². The molecule has 1 aliphatic heterocycles. The van der Waals surface area contributed by atoms with Gasteiger partial charge in [-0.3, -0.25) is 14.7 Å². The van der Waals surface area contributed by atoms with E-state index in [1.807, 2.05) is 18.3 Å². The SMILES string of the molecule is CC(=O)c1cc(CN2CCc3[nH]cnc3[C@H]2c2cccnc2)cs1. The van der Waals surface area contributed by atoms with E-state index in [1.54, 1.807) is 19.4 Å². The monoisotopic (exact) mass is 338 g/mol. The van der Waals surface area contributed by atoms with Crippen LogP contribution in [0.4, 0.5) is 0 Å². The van der Waals surface area contributed by atoms with Gasteiger partial charge in [0.1, 0.15) is 0 Å². The molecule has 24 heavy (non-hydrogen) atoms. The Kier molecular flexibility index (Phi) is 4.00. The minimum absolute atomic E-state index is 0.0920. The maximum atomic E-state index is 11.5. The van der Waals surface area contributed by atoms with Gasteiger partial charge in [0.2, 0.25) is 0 Å². The second kappa shape index (κ2) is 6.30. The highest BCUT2D eigenvalue weighted by Gasteiger charge is 2.31. The summed E-state index contributed by atoms with van der Waals surface area (Å²) in [6.07, 6.45) is 6.43. The maximum Gasteiger partial charge on any atom is 0.169 e. The molecule has 1 N–H and O–H groups in total. The highest BCUT2D eigenvalue weighted by Crippen LogP contribution is 2.34. The van der Waals surface area contributed by atoms with Gasteiger partial charge in [0, 0.05) is 37.6 Å². The van der Waals surface area contributed by atoms with Crippen molar-refractivity contribution in [2.75, 3.05) is 6.54 Å². The molecule has 5 nitrogen and oxygen atoms in total. The van der Waals surface area contributed by atoms with Crippen LogP contribution in [0.15, 0.2) is 42.3 Å². The summed E-state index contributed by atoms with van der Waals surface area (Å²) in [7, 11) is 0. The molecule has 0 unspecified atom stereocenters. The van der Waals surface area contributed by atoms with Crippen LogP contribution in [0, 0.1) is 0 Å². The quantitative estimate of drug-likeness (QED) is 0.742. The van der Waals surface area contributed by atoms with E-state index in [4.69, 9.17) is 0 Å². The summed E-state index contributed by atoms with van der Waals surface area (Å²) in [5.41, 5.74) is 4.61. The first kappa shape index (κ1) is 15.2. The number of nitrogens with one attached hydrogen (secondary N) is 1. The summed E-state index contributed by atoms with van der Waals surface area (Å²) in [5.74, 6) is 0.128. The molecule has 0 radical (unpaired) electrons. The lowest BCUT2D eigenvalue weighted by atomic mass is 9.96. The van der Waals surface area contributed by atoms with Gasteiger partial charge in [0.05, 0.1) is 22.9 Å². The molecule has 0 aromatic carbocycles. The van der Waals surface area contributed by atoms with E-state index >= 15 is 0 Å². The molecule has 0 aliphatic carbocycles. The number of thiophene rings is 1. The lowest BCUT2D eigenvalue weighted by Crippen LogP contribution is -2.35. The molecule has 6 heteroatoms. The van der Waals surface area contributed by atoms with E-state index in [0.29, 0.717) is 0 Å². The summed E-state index contributed by atoms with van der Waals surface area (Å²) in [4.78, 5) is 26.9. The molecular formula is C18H18N4OS. The Morgan fingerprint density at radius 1 is 1.50 bits per heavy atom. The number of aromatic nitrogens is 3. The Morgan fingerprint density at radius 3 is 3.17 bits per heavy atom. The largest absolute Gasteiger partial charge is 0.348 e. The van der Waals surface area contributed by atoms with Gasteiger partial charge in [-0.2, -0.15) is 0 Å². The van der Waals surface area contributed by atoms with Crippen molar-refractivity contribution in [2.24, 2.45) is 0 Å². The van der Waals surface area contributed by atoms with Crippen LogP contribution in [0.3, 0.4) is 0 Å². The molecule has 4 heterocycles. The van der Waals surface area contributed by atoms with Crippen molar-refractivity contribution in [3.63, 3.8) is 0 Å². The number of carbonyl (C=O) groups is 1. The fourth-order valence-electron chi connectivity index (χ4n) is 3.28. The van der Waals surface area contributed by atoms with Crippen molar-refractivity contribution >= 4 is 17.1 Å². The first-order valence-electron chi connectivity index (χ1n) is 7.97. The van der Waals surface area contributed by atoms with Gasteiger partial charge in [-0.15, -0.1) is 11.3 Å². The fourth-order valence-corrected chi connectivity index (χ4v) is 4.09. The van der Waals surface area contributed by atoms with Gasteiger partial charge < -0.3 is 4.98 Å². The zero-order valence-electron chi connectivity index (χ0n) is 13.4. The second-order valence-corrected chi connectivity index (χ2v) is 6.96. The number of carbonyl (C=O) groups excluding carboxylic acids is 1. The molecule has 0 bridgehead atoms. The van der Waals surface area contributed by atoms with Gasteiger partial charge >= 0.3 is 0 Å². The van der Waals surface area contributed by atoms with Crippen LogP contribution < -0.4 is 0 Å². The standard InChI is InChI=1S/C18H18N4OS/c1-12(23)16-7-13(10-24-16)9-22-6-4-15-17(21-11-20-15)18(22)14-3-2-5-19-8-14/h2-3,5,7-8,10-11,18H,4,6,9H2,1H3,(H,20,21)/t18-/m1/s1. The van der Waals surface area contributed by atoms with Crippen LogP contribution in [0.2, 0.25) is 0 Å². The third-order valence-corrected chi connectivity index (χ3v) is 5.49. The fraction of sp³-hybridized carbons (Fsp3) is 0.278. The number of Topliss-reactive ketones (excluding diaryl/α,β-unsaturated/α-hetero) is 1. The molecule has 0 saturated carbocycles. The van der Waals surface area contributed by atoms with Crippen LogP contribution in [-0.2, 0) is 13.0 Å². The molecule has 1 aliphatic rings. The number of hydrogen-bond acceptors (Lipinski definition) is 5. The summed E-state index contributed by atoms with van der Waals surface area (Å²) >= 11 is 1.52. The summed E-state index contributed by atoms with van der Waals surface area (Å²) < 4.78 is 0. The maximum absolute atomic E-state index is 11.5. The third kappa shape index (κ3) is 2.79. The topological polar surface area (TPSA) is 61.9 Å². The molecule has 122 valence electrons. The average Bonchev–Trinajstić information content (AvgIpc) is 3.24. The Hall–Kier alpha value is -2.31. The van der Waals surface area contributed by atoms with Gasteiger partial charge in [-0.1, -0.05) is 6.07 Å². The van der Waals surface area contributed by atoms with E-state index < -0.39 is 0 Å². The van der Waals surface area contributed by atoms with E-state index in [0.717, 1.165) is 35.6 Å². The molecule has 4 rings (SSSR count). The molecule has 3 aromatic heterocycles. The smallest absolute Gasteiger partial charge is 0.169 e. The molecule has 0 saturated heterocycles. The summed E-state index contributed by atoms with van der Waals surface area (Å²) in [6.45, 7) is 3.36. The van der Waals surface area contributed by atoms with Crippen molar-refractivity contribution in [1.82, 2.24) is 19.9 Å². The van der Waals surface area contributed by atoms with Crippen LogP contribution in [-0.4, -0.2) is 32.2 Å². The first-order valence-corrected chi connectivity index (χ1v) is 8.85. The van der Waals surface area contributed by atoms with Gasteiger partial charge in [-0.25, -0.2) is 4.98 Å². The van der Waals surface area contributed by atoms with Crippen LogP contribution in [0.1, 0.15) is 45.2 Å². The van der Waals surface area contributed by atoms with Crippen LogP contribution >= 0.6 is 11.3 Å². The van der Waals surface area contributed by atoms with Gasteiger partial charge in [0.15, 0.2) is 5.78 Å². The molecule has 0 amide bonds. The number of fused-ring (bicyclic) bond motifs is 1. The minimum atomic E-state index is 0.0920.